The highest BCUT2D eigenvalue weighted by atomic mass is 19.1. The number of ether oxygens (including phenoxy) is 1. The number of rotatable bonds is 4. The molecule has 0 unspecified atom stereocenters. The van der Waals surface area contributed by atoms with Crippen molar-refractivity contribution in [1.82, 2.24) is 4.98 Å². The molecule has 0 saturated heterocycles. The summed E-state index contributed by atoms with van der Waals surface area (Å²) in [6.45, 7) is 2.77. The molecule has 3 aromatic carbocycles. The Morgan fingerprint density at radius 2 is 1.55 bits per heavy atom. The first-order chi connectivity index (χ1) is 14.2. The summed E-state index contributed by atoms with van der Waals surface area (Å²) in [5.41, 5.74) is 3.76. The van der Waals surface area contributed by atoms with E-state index in [0.717, 1.165) is 45.3 Å². The van der Waals surface area contributed by atoms with E-state index in [1.54, 1.807) is 12.3 Å². The van der Waals surface area contributed by atoms with Gasteiger partial charge in [-0.25, -0.2) is 4.39 Å². The fourth-order valence-electron chi connectivity index (χ4n) is 3.02. The molecule has 0 fully saturated rings. The van der Waals surface area contributed by atoms with E-state index in [-0.39, 0.29) is 5.82 Å². The number of hydrogen-bond acceptors (Lipinski definition) is 2. The first kappa shape index (κ1) is 18.7. The number of pyridine rings is 1. The maximum absolute atomic E-state index is 13.3. The van der Waals surface area contributed by atoms with Crippen molar-refractivity contribution in [3.05, 3.63) is 95.9 Å². The fourth-order valence-corrected chi connectivity index (χ4v) is 3.02. The number of aromatic nitrogens is 1. The average Bonchev–Trinajstić information content (AvgIpc) is 2.77. The number of nitrogens with zero attached hydrogens (tertiary/aromatic N) is 1. The summed E-state index contributed by atoms with van der Waals surface area (Å²) >= 11 is 0. The number of benzene rings is 3. The van der Waals surface area contributed by atoms with Crippen molar-refractivity contribution in [2.24, 2.45) is 0 Å². The zero-order chi connectivity index (χ0) is 20.1. The molecule has 0 amide bonds. The van der Waals surface area contributed by atoms with E-state index in [0.29, 0.717) is 6.61 Å². The van der Waals surface area contributed by atoms with Gasteiger partial charge in [0, 0.05) is 16.7 Å². The van der Waals surface area contributed by atoms with Crippen LogP contribution in [0.25, 0.3) is 22.0 Å². The second-order valence-corrected chi connectivity index (χ2v) is 6.76. The highest BCUT2D eigenvalue weighted by molar-refractivity contribution is 5.84. The first-order valence-corrected chi connectivity index (χ1v) is 9.62. The van der Waals surface area contributed by atoms with E-state index in [2.05, 4.69) is 23.7 Å². The average molecular weight is 381 g/mol. The van der Waals surface area contributed by atoms with Crippen LogP contribution in [0.3, 0.4) is 0 Å². The van der Waals surface area contributed by atoms with Crippen LogP contribution < -0.4 is 4.74 Å². The summed E-state index contributed by atoms with van der Waals surface area (Å²) in [6, 6.07) is 22.5. The van der Waals surface area contributed by atoms with Crippen molar-refractivity contribution in [2.75, 3.05) is 6.61 Å². The molecular formula is C26H20FNO. The second-order valence-electron chi connectivity index (χ2n) is 6.76. The third kappa shape index (κ3) is 4.62. The first-order valence-electron chi connectivity index (χ1n) is 9.62. The molecule has 2 nitrogen and oxygen atoms in total. The lowest BCUT2D eigenvalue weighted by Crippen LogP contribution is -1.95. The monoisotopic (exact) mass is 381 g/mol. The number of hydrogen-bond donors (Lipinski definition) is 0. The van der Waals surface area contributed by atoms with Crippen molar-refractivity contribution in [2.45, 2.75) is 13.3 Å². The van der Waals surface area contributed by atoms with Gasteiger partial charge in [0.05, 0.1) is 18.5 Å². The molecule has 0 atom stereocenters. The Morgan fingerprint density at radius 1 is 0.828 bits per heavy atom. The normalized spacial score (nSPS) is 10.4. The van der Waals surface area contributed by atoms with Crippen LogP contribution in [0.4, 0.5) is 4.39 Å². The molecule has 4 rings (SSSR count). The summed E-state index contributed by atoms with van der Waals surface area (Å²) in [6.07, 6.45) is 2.73. The third-order valence-electron chi connectivity index (χ3n) is 4.54. The van der Waals surface area contributed by atoms with Crippen LogP contribution in [0.15, 0.2) is 79.0 Å². The Balaban J connectivity index is 1.49. The molecule has 29 heavy (non-hydrogen) atoms. The molecule has 0 bridgehead atoms. The van der Waals surface area contributed by atoms with Crippen molar-refractivity contribution in [1.29, 1.82) is 0 Å². The molecule has 0 saturated carbocycles. The summed E-state index contributed by atoms with van der Waals surface area (Å²) in [4.78, 5) is 4.47. The van der Waals surface area contributed by atoms with Gasteiger partial charge in [-0.3, -0.25) is 4.98 Å². The van der Waals surface area contributed by atoms with Gasteiger partial charge in [0.2, 0.25) is 0 Å². The van der Waals surface area contributed by atoms with Gasteiger partial charge in [0.1, 0.15) is 11.6 Å². The molecule has 1 heterocycles. The zero-order valence-corrected chi connectivity index (χ0v) is 16.2. The molecule has 142 valence electrons. The van der Waals surface area contributed by atoms with Crippen molar-refractivity contribution >= 4 is 10.8 Å². The Kier molecular flexibility index (Phi) is 5.54. The van der Waals surface area contributed by atoms with Crippen molar-refractivity contribution < 1.29 is 9.13 Å². The van der Waals surface area contributed by atoms with E-state index in [1.165, 1.54) is 12.1 Å². The van der Waals surface area contributed by atoms with Gasteiger partial charge in [-0.15, -0.1) is 0 Å². The standard InChI is InChI=1S/C26H20FNO/c1-2-15-29-25-13-14-26(28-18-25)21-8-5-19(6-9-21)3-4-20-7-10-23-17-24(27)12-11-22(23)16-20/h5-14,16-18H,2,15H2,1H3. The highest BCUT2D eigenvalue weighted by Crippen LogP contribution is 2.20. The predicted molar refractivity (Wildman–Crippen MR) is 115 cm³/mol. The topological polar surface area (TPSA) is 22.1 Å². The van der Waals surface area contributed by atoms with Crippen LogP contribution in [0.5, 0.6) is 5.75 Å². The van der Waals surface area contributed by atoms with E-state index >= 15 is 0 Å². The third-order valence-corrected chi connectivity index (χ3v) is 4.54. The number of fused-ring (bicyclic) bond motifs is 1. The lowest BCUT2D eigenvalue weighted by Gasteiger charge is -2.05. The van der Waals surface area contributed by atoms with Crippen LogP contribution in [0, 0.1) is 17.7 Å². The van der Waals surface area contributed by atoms with Crippen LogP contribution in [-0.2, 0) is 0 Å². The number of halogens is 1. The van der Waals surface area contributed by atoms with Crippen molar-refractivity contribution in [3.8, 4) is 28.8 Å². The molecule has 0 N–H and O–H groups in total. The quantitative estimate of drug-likeness (QED) is 0.391. The van der Waals surface area contributed by atoms with Crippen molar-refractivity contribution in [3.63, 3.8) is 0 Å². The predicted octanol–water partition coefficient (Wildman–Crippen LogP) is 6.23. The van der Waals surface area contributed by atoms with Gasteiger partial charge in [0.15, 0.2) is 0 Å². The smallest absolute Gasteiger partial charge is 0.137 e. The Morgan fingerprint density at radius 3 is 2.31 bits per heavy atom. The van der Waals surface area contributed by atoms with E-state index < -0.39 is 0 Å². The lowest BCUT2D eigenvalue weighted by atomic mass is 10.1. The summed E-state index contributed by atoms with van der Waals surface area (Å²) in [5, 5.41) is 1.85. The Bertz CT molecular complexity index is 1190. The van der Waals surface area contributed by atoms with E-state index in [4.69, 9.17) is 4.74 Å². The maximum atomic E-state index is 13.3. The summed E-state index contributed by atoms with van der Waals surface area (Å²) in [7, 11) is 0. The molecule has 0 aliphatic carbocycles. The molecule has 0 radical (unpaired) electrons. The minimum atomic E-state index is -0.228. The molecule has 4 aromatic rings. The maximum Gasteiger partial charge on any atom is 0.137 e. The fraction of sp³-hybridized carbons (Fsp3) is 0.115. The van der Waals surface area contributed by atoms with Crippen LogP contribution in [-0.4, -0.2) is 11.6 Å². The molecule has 0 spiro atoms. The van der Waals surface area contributed by atoms with Gasteiger partial charge < -0.3 is 4.74 Å². The lowest BCUT2D eigenvalue weighted by molar-refractivity contribution is 0.316. The van der Waals surface area contributed by atoms with Gasteiger partial charge >= 0.3 is 0 Å². The van der Waals surface area contributed by atoms with Crippen LogP contribution in [0.1, 0.15) is 24.5 Å². The minimum Gasteiger partial charge on any atom is -0.492 e. The largest absolute Gasteiger partial charge is 0.492 e. The molecule has 0 aliphatic rings. The Hall–Kier alpha value is -3.64. The second kappa shape index (κ2) is 8.58. The molecule has 1 aromatic heterocycles. The van der Waals surface area contributed by atoms with Gasteiger partial charge in [-0.05, 0) is 65.7 Å². The van der Waals surface area contributed by atoms with Gasteiger partial charge in [0.25, 0.3) is 0 Å². The zero-order valence-electron chi connectivity index (χ0n) is 16.2. The van der Waals surface area contributed by atoms with Gasteiger partial charge in [-0.2, -0.15) is 0 Å². The Labute approximate surface area is 170 Å². The molecule has 0 aliphatic heterocycles. The van der Waals surface area contributed by atoms with Gasteiger partial charge in [-0.1, -0.05) is 43.0 Å². The molecular weight excluding hydrogens is 361 g/mol. The summed E-state index contributed by atoms with van der Waals surface area (Å²) in [5.74, 6) is 6.92. The van der Waals surface area contributed by atoms with E-state index in [9.17, 15) is 4.39 Å². The highest BCUT2D eigenvalue weighted by Gasteiger charge is 2.01. The SMILES string of the molecule is CCCOc1ccc(-c2ccc(C#Cc3ccc4cc(F)ccc4c3)cc2)nc1. The minimum absolute atomic E-state index is 0.228. The van der Waals surface area contributed by atoms with Crippen LogP contribution >= 0.6 is 0 Å². The van der Waals surface area contributed by atoms with E-state index in [1.807, 2.05) is 54.6 Å². The van der Waals surface area contributed by atoms with Crippen LogP contribution in [0.2, 0.25) is 0 Å². The molecule has 3 heteroatoms. The summed E-state index contributed by atoms with van der Waals surface area (Å²) < 4.78 is 18.9.